The van der Waals surface area contributed by atoms with Crippen molar-refractivity contribution < 1.29 is 13.6 Å². The van der Waals surface area contributed by atoms with Crippen LogP contribution in [0, 0.1) is 5.82 Å². The molecule has 1 atom stereocenters. The maximum atomic E-state index is 13.0. The van der Waals surface area contributed by atoms with Crippen LogP contribution in [0.3, 0.4) is 0 Å². The van der Waals surface area contributed by atoms with Crippen molar-refractivity contribution in [3.05, 3.63) is 66.0 Å². The summed E-state index contributed by atoms with van der Waals surface area (Å²) >= 11 is 1.19. The van der Waals surface area contributed by atoms with Crippen molar-refractivity contribution in [3.63, 3.8) is 0 Å². The topological polar surface area (TPSA) is 59.2 Å². The zero-order valence-corrected chi connectivity index (χ0v) is 14.5. The molecule has 25 heavy (non-hydrogen) atoms. The van der Waals surface area contributed by atoms with Crippen molar-refractivity contribution in [3.8, 4) is 11.5 Å². The van der Waals surface area contributed by atoms with E-state index < -0.39 is 5.25 Å². The molecule has 0 fully saturated rings. The smallest absolute Gasteiger partial charge is 0.277 e. The van der Waals surface area contributed by atoms with Gasteiger partial charge >= 0.3 is 0 Å². The van der Waals surface area contributed by atoms with Gasteiger partial charge < -0.3 is 9.32 Å². The highest BCUT2D eigenvalue weighted by atomic mass is 32.2. The third-order valence-electron chi connectivity index (χ3n) is 3.48. The predicted octanol–water partition coefficient (Wildman–Crippen LogP) is 3.80. The van der Waals surface area contributed by atoms with Crippen LogP contribution in [0.2, 0.25) is 0 Å². The Morgan fingerprint density at radius 2 is 1.76 bits per heavy atom. The van der Waals surface area contributed by atoms with E-state index in [1.165, 1.54) is 28.8 Å². The Balaban J connectivity index is 1.85. The van der Waals surface area contributed by atoms with E-state index in [0.29, 0.717) is 5.56 Å². The average molecular weight is 357 g/mol. The number of hydrogen-bond acceptors (Lipinski definition) is 5. The first-order valence-electron chi connectivity index (χ1n) is 7.57. The highest BCUT2D eigenvalue weighted by molar-refractivity contribution is 8.00. The molecular weight excluding hydrogens is 341 g/mol. The average Bonchev–Trinajstić information content (AvgIpc) is 3.09. The summed E-state index contributed by atoms with van der Waals surface area (Å²) in [5.74, 6) is -0.122. The number of carbonyl (C=O) groups is 1. The maximum Gasteiger partial charge on any atom is 0.277 e. The largest absolute Gasteiger partial charge is 0.411 e. The molecule has 0 radical (unpaired) electrons. The third kappa shape index (κ3) is 4.06. The monoisotopic (exact) mass is 357 g/mol. The molecule has 1 heterocycles. The van der Waals surface area contributed by atoms with Gasteiger partial charge in [-0.15, -0.1) is 10.2 Å². The molecular formula is C18H16FN3O2S. The number of hydrogen-bond donors (Lipinski definition) is 0. The van der Waals surface area contributed by atoms with Crippen LogP contribution in [0.25, 0.3) is 11.5 Å². The Morgan fingerprint density at radius 3 is 2.40 bits per heavy atom. The van der Waals surface area contributed by atoms with Crippen LogP contribution in [-0.2, 0) is 4.79 Å². The highest BCUT2D eigenvalue weighted by Crippen LogP contribution is 2.36. The fraction of sp³-hybridized carbons (Fsp3) is 0.167. The minimum absolute atomic E-state index is 0.0715. The molecule has 0 unspecified atom stereocenters. The van der Waals surface area contributed by atoms with Gasteiger partial charge in [-0.25, -0.2) is 4.39 Å². The second-order valence-corrected chi connectivity index (χ2v) is 6.58. The molecule has 7 heteroatoms. The van der Waals surface area contributed by atoms with Crippen LogP contribution >= 0.6 is 11.8 Å². The van der Waals surface area contributed by atoms with Crippen LogP contribution in [0.1, 0.15) is 10.8 Å². The van der Waals surface area contributed by atoms with Crippen LogP contribution < -0.4 is 0 Å². The lowest BCUT2D eigenvalue weighted by Gasteiger charge is -2.18. The lowest BCUT2D eigenvalue weighted by molar-refractivity contribution is -0.128. The number of thioether (sulfide) groups is 1. The van der Waals surface area contributed by atoms with Crippen molar-refractivity contribution in [1.82, 2.24) is 15.1 Å². The Labute approximate surface area is 148 Å². The van der Waals surface area contributed by atoms with E-state index in [1.807, 2.05) is 30.3 Å². The molecule has 3 aromatic rings. The summed E-state index contributed by atoms with van der Waals surface area (Å²) < 4.78 is 18.7. The van der Waals surface area contributed by atoms with Crippen molar-refractivity contribution >= 4 is 17.7 Å². The number of carbonyl (C=O) groups excluding carboxylic acids is 1. The van der Waals surface area contributed by atoms with Crippen LogP contribution in [0.15, 0.2) is 64.2 Å². The lowest BCUT2D eigenvalue weighted by Crippen LogP contribution is -2.26. The fourth-order valence-corrected chi connectivity index (χ4v) is 3.21. The van der Waals surface area contributed by atoms with Crippen LogP contribution in [-0.4, -0.2) is 35.1 Å². The zero-order valence-electron chi connectivity index (χ0n) is 13.7. The first-order valence-corrected chi connectivity index (χ1v) is 8.45. The maximum absolute atomic E-state index is 13.0. The van der Waals surface area contributed by atoms with E-state index >= 15 is 0 Å². The molecule has 0 saturated heterocycles. The van der Waals surface area contributed by atoms with Gasteiger partial charge in [0.1, 0.15) is 11.1 Å². The van der Waals surface area contributed by atoms with E-state index in [1.54, 1.807) is 26.2 Å². The third-order valence-corrected chi connectivity index (χ3v) is 4.56. The molecule has 128 valence electrons. The number of amides is 1. The van der Waals surface area contributed by atoms with Gasteiger partial charge in [-0.2, -0.15) is 0 Å². The Kier molecular flexibility index (Phi) is 5.14. The summed E-state index contributed by atoms with van der Waals surface area (Å²) in [6, 6.07) is 15.2. The van der Waals surface area contributed by atoms with Crippen LogP contribution in [0.4, 0.5) is 4.39 Å². The Morgan fingerprint density at radius 1 is 1.08 bits per heavy atom. The number of likely N-dealkylation sites (N-methyl/N-ethyl adjacent to an activating group) is 1. The summed E-state index contributed by atoms with van der Waals surface area (Å²) in [5, 5.41) is 7.78. The zero-order chi connectivity index (χ0) is 17.8. The van der Waals surface area contributed by atoms with E-state index in [9.17, 15) is 9.18 Å². The van der Waals surface area contributed by atoms with E-state index in [-0.39, 0.29) is 22.8 Å². The first-order chi connectivity index (χ1) is 12.0. The highest BCUT2D eigenvalue weighted by Gasteiger charge is 2.26. The van der Waals surface area contributed by atoms with Crippen molar-refractivity contribution in [2.45, 2.75) is 10.5 Å². The molecule has 0 N–H and O–H groups in total. The molecule has 0 bridgehead atoms. The Hall–Kier alpha value is -2.67. The van der Waals surface area contributed by atoms with Crippen molar-refractivity contribution in [1.29, 1.82) is 0 Å². The van der Waals surface area contributed by atoms with Gasteiger partial charge in [0.25, 0.3) is 5.22 Å². The minimum atomic E-state index is -0.488. The number of benzene rings is 2. The van der Waals surface area contributed by atoms with E-state index in [4.69, 9.17) is 4.42 Å². The second-order valence-electron chi connectivity index (χ2n) is 5.52. The van der Waals surface area contributed by atoms with E-state index in [0.717, 1.165) is 5.56 Å². The standard InChI is InChI=1S/C18H16FN3O2S/c1-22(2)17(23)15(12-6-4-3-5-7-12)25-18-21-20-16(24-18)13-8-10-14(19)11-9-13/h3-11,15H,1-2H3/t15-/m1/s1. The summed E-state index contributed by atoms with van der Waals surface area (Å²) in [5.41, 5.74) is 1.48. The summed E-state index contributed by atoms with van der Waals surface area (Å²) in [6.07, 6.45) is 0. The van der Waals surface area contributed by atoms with Gasteiger partial charge in [0, 0.05) is 19.7 Å². The van der Waals surface area contributed by atoms with Crippen molar-refractivity contribution in [2.24, 2.45) is 0 Å². The molecule has 0 aliphatic rings. The molecule has 0 aliphatic carbocycles. The van der Waals surface area contributed by atoms with Crippen LogP contribution in [0.5, 0.6) is 0 Å². The fourth-order valence-electron chi connectivity index (χ4n) is 2.19. The summed E-state index contributed by atoms with van der Waals surface area (Å²) in [6.45, 7) is 0. The summed E-state index contributed by atoms with van der Waals surface area (Å²) in [7, 11) is 3.41. The molecule has 0 saturated carbocycles. The Bertz CT molecular complexity index is 850. The van der Waals surface area contributed by atoms with Gasteiger partial charge in [-0.3, -0.25) is 4.79 Å². The minimum Gasteiger partial charge on any atom is -0.411 e. The number of nitrogens with zero attached hydrogens (tertiary/aromatic N) is 3. The molecule has 0 spiro atoms. The molecule has 3 rings (SSSR count). The normalized spacial score (nSPS) is 12.0. The number of rotatable bonds is 5. The van der Waals surface area contributed by atoms with Gasteiger partial charge in [-0.05, 0) is 41.6 Å². The predicted molar refractivity (Wildman–Crippen MR) is 93.4 cm³/mol. The van der Waals surface area contributed by atoms with Crippen molar-refractivity contribution in [2.75, 3.05) is 14.1 Å². The molecule has 1 amide bonds. The molecule has 5 nitrogen and oxygen atoms in total. The number of halogens is 1. The van der Waals surface area contributed by atoms with Gasteiger partial charge in [0.05, 0.1) is 0 Å². The van der Waals surface area contributed by atoms with Gasteiger partial charge in [-0.1, -0.05) is 30.3 Å². The summed E-state index contributed by atoms with van der Waals surface area (Å²) in [4.78, 5) is 14.1. The first kappa shape index (κ1) is 17.2. The SMILES string of the molecule is CN(C)C(=O)[C@H](Sc1nnc(-c2ccc(F)cc2)o1)c1ccccc1. The second kappa shape index (κ2) is 7.48. The van der Waals surface area contributed by atoms with Gasteiger partial charge in [0.2, 0.25) is 11.8 Å². The van der Waals surface area contributed by atoms with Gasteiger partial charge in [0.15, 0.2) is 0 Å². The quantitative estimate of drug-likeness (QED) is 0.650. The van der Waals surface area contributed by atoms with E-state index in [2.05, 4.69) is 10.2 Å². The molecule has 2 aromatic carbocycles. The molecule has 1 aromatic heterocycles. The molecule has 0 aliphatic heterocycles. The number of aromatic nitrogens is 2. The lowest BCUT2D eigenvalue weighted by atomic mass is 10.1.